The minimum Gasteiger partial charge on any atom is -0.393 e. The Kier molecular flexibility index (Phi) is 3.84. The molecule has 1 aromatic rings. The summed E-state index contributed by atoms with van der Waals surface area (Å²) in [5.74, 6) is 0. The zero-order valence-corrected chi connectivity index (χ0v) is 10.2. The standard InChI is InChI=1S/C13H20N2O2/c1-2-15-9-11(5-8-13(15)17)14-10-3-6-12(16)7-4-10/h5,8-10,12,14,16H,2-4,6-7H2,1H3. The molecule has 0 aliphatic heterocycles. The maximum absolute atomic E-state index is 11.4. The third-order valence-electron chi connectivity index (χ3n) is 3.39. The zero-order chi connectivity index (χ0) is 12.3. The third kappa shape index (κ3) is 3.09. The lowest BCUT2D eigenvalue weighted by molar-refractivity contribution is 0.126. The highest BCUT2D eigenvalue weighted by Crippen LogP contribution is 2.21. The van der Waals surface area contributed by atoms with Gasteiger partial charge in [0.25, 0.3) is 5.56 Å². The van der Waals surface area contributed by atoms with Gasteiger partial charge in [-0.3, -0.25) is 4.79 Å². The van der Waals surface area contributed by atoms with E-state index < -0.39 is 0 Å². The molecule has 0 bridgehead atoms. The summed E-state index contributed by atoms with van der Waals surface area (Å²) in [7, 11) is 0. The molecule has 2 rings (SSSR count). The van der Waals surface area contributed by atoms with Crippen molar-refractivity contribution in [3.8, 4) is 0 Å². The second kappa shape index (κ2) is 5.36. The lowest BCUT2D eigenvalue weighted by Gasteiger charge is -2.27. The van der Waals surface area contributed by atoms with Crippen LogP contribution >= 0.6 is 0 Å². The number of aryl methyl sites for hydroxylation is 1. The summed E-state index contributed by atoms with van der Waals surface area (Å²) in [6, 6.07) is 3.85. The Labute approximate surface area is 101 Å². The van der Waals surface area contributed by atoms with Gasteiger partial charge in [-0.25, -0.2) is 0 Å². The molecule has 4 heteroatoms. The van der Waals surface area contributed by atoms with Crippen molar-refractivity contribution in [2.75, 3.05) is 5.32 Å². The Balaban J connectivity index is 2.01. The summed E-state index contributed by atoms with van der Waals surface area (Å²) in [5, 5.41) is 12.9. The van der Waals surface area contributed by atoms with Crippen LogP contribution in [-0.2, 0) is 6.54 Å². The highest BCUT2D eigenvalue weighted by Gasteiger charge is 2.18. The zero-order valence-electron chi connectivity index (χ0n) is 10.2. The number of pyridine rings is 1. The second-order valence-electron chi connectivity index (χ2n) is 4.69. The monoisotopic (exact) mass is 236 g/mol. The topological polar surface area (TPSA) is 54.3 Å². The summed E-state index contributed by atoms with van der Waals surface area (Å²) in [5.41, 5.74) is 1.03. The maximum Gasteiger partial charge on any atom is 0.250 e. The van der Waals surface area contributed by atoms with Crippen molar-refractivity contribution in [3.63, 3.8) is 0 Å². The van der Waals surface area contributed by atoms with E-state index in [4.69, 9.17) is 0 Å². The van der Waals surface area contributed by atoms with Crippen molar-refractivity contribution in [3.05, 3.63) is 28.7 Å². The third-order valence-corrected chi connectivity index (χ3v) is 3.39. The minimum atomic E-state index is -0.127. The highest BCUT2D eigenvalue weighted by molar-refractivity contribution is 5.41. The number of aliphatic hydroxyl groups excluding tert-OH is 1. The Bertz CT molecular complexity index is 420. The van der Waals surface area contributed by atoms with E-state index in [1.165, 1.54) is 0 Å². The molecule has 2 N–H and O–H groups in total. The van der Waals surface area contributed by atoms with E-state index in [-0.39, 0.29) is 11.7 Å². The smallest absolute Gasteiger partial charge is 0.250 e. The van der Waals surface area contributed by atoms with Gasteiger partial charge in [0, 0.05) is 24.8 Å². The molecule has 0 aromatic carbocycles. The fraction of sp³-hybridized carbons (Fsp3) is 0.615. The Morgan fingerprint density at radius 2 is 2.06 bits per heavy atom. The predicted molar refractivity (Wildman–Crippen MR) is 68.3 cm³/mol. The quantitative estimate of drug-likeness (QED) is 0.838. The normalized spacial score (nSPS) is 24.6. The number of hydrogen-bond donors (Lipinski definition) is 2. The molecule has 1 aliphatic carbocycles. The van der Waals surface area contributed by atoms with E-state index >= 15 is 0 Å². The summed E-state index contributed by atoms with van der Waals surface area (Å²) >= 11 is 0. The number of anilines is 1. The number of nitrogens with zero attached hydrogens (tertiary/aromatic N) is 1. The first-order chi connectivity index (χ1) is 8.19. The predicted octanol–water partition coefficient (Wildman–Crippen LogP) is 1.58. The van der Waals surface area contributed by atoms with Gasteiger partial charge >= 0.3 is 0 Å². The van der Waals surface area contributed by atoms with Crippen LogP contribution in [0.3, 0.4) is 0 Å². The summed E-state index contributed by atoms with van der Waals surface area (Å²) < 4.78 is 1.69. The van der Waals surface area contributed by atoms with Crippen molar-refractivity contribution in [1.29, 1.82) is 0 Å². The summed E-state index contributed by atoms with van der Waals surface area (Å²) in [4.78, 5) is 11.4. The average molecular weight is 236 g/mol. The molecule has 0 saturated heterocycles. The molecule has 0 radical (unpaired) electrons. The number of hydrogen-bond acceptors (Lipinski definition) is 3. The van der Waals surface area contributed by atoms with Gasteiger partial charge in [-0.2, -0.15) is 0 Å². The van der Waals surface area contributed by atoms with E-state index in [0.29, 0.717) is 12.6 Å². The second-order valence-corrected chi connectivity index (χ2v) is 4.69. The number of aliphatic hydroxyl groups is 1. The van der Waals surface area contributed by atoms with E-state index in [1.807, 2.05) is 19.2 Å². The van der Waals surface area contributed by atoms with Gasteiger partial charge in [0.05, 0.1) is 11.8 Å². The maximum atomic E-state index is 11.4. The molecule has 4 nitrogen and oxygen atoms in total. The first-order valence-corrected chi connectivity index (χ1v) is 6.34. The molecule has 1 fully saturated rings. The van der Waals surface area contributed by atoms with Crippen LogP contribution in [0.4, 0.5) is 5.69 Å². The van der Waals surface area contributed by atoms with E-state index in [2.05, 4.69) is 5.32 Å². The van der Waals surface area contributed by atoms with E-state index in [0.717, 1.165) is 31.4 Å². The van der Waals surface area contributed by atoms with E-state index in [9.17, 15) is 9.90 Å². The van der Waals surface area contributed by atoms with Crippen LogP contribution in [0.15, 0.2) is 23.1 Å². The molecule has 0 amide bonds. The van der Waals surface area contributed by atoms with Crippen molar-refractivity contribution >= 4 is 5.69 Å². The summed E-state index contributed by atoms with van der Waals surface area (Å²) in [6.45, 7) is 2.65. The molecule has 1 heterocycles. The van der Waals surface area contributed by atoms with Crippen LogP contribution < -0.4 is 10.9 Å². The van der Waals surface area contributed by atoms with Crippen LogP contribution in [-0.4, -0.2) is 21.8 Å². The lowest BCUT2D eigenvalue weighted by atomic mass is 9.93. The van der Waals surface area contributed by atoms with Crippen molar-refractivity contribution in [2.24, 2.45) is 0 Å². The number of nitrogens with one attached hydrogen (secondary N) is 1. The Hall–Kier alpha value is -1.29. The molecule has 94 valence electrons. The molecule has 17 heavy (non-hydrogen) atoms. The van der Waals surface area contributed by atoms with Gasteiger partial charge in [0.2, 0.25) is 0 Å². The van der Waals surface area contributed by atoms with Gasteiger partial charge in [0.1, 0.15) is 0 Å². The van der Waals surface area contributed by atoms with Crippen LogP contribution in [0.2, 0.25) is 0 Å². The van der Waals surface area contributed by atoms with Gasteiger partial charge in [-0.1, -0.05) is 0 Å². The first kappa shape index (κ1) is 12.2. The molecule has 0 atom stereocenters. The van der Waals surface area contributed by atoms with Gasteiger partial charge in [-0.05, 0) is 38.7 Å². The Morgan fingerprint density at radius 3 is 2.71 bits per heavy atom. The van der Waals surface area contributed by atoms with Gasteiger partial charge in [-0.15, -0.1) is 0 Å². The molecule has 0 unspecified atom stereocenters. The molecule has 1 saturated carbocycles. The van der Waals surface area contributed by atoms with Crippen LogP contribution in [0.25, 0.3) is 0 Å². The van der Waals surface area contributed by atoms with Crippen LogP contribution in [0.1, 0.15) is 32.6 Å². The van der Waals surface area contributed by atoms with Crippen molar-refractivity contribution in [1.82, 2.24) is 4.57 Å². The molecular formula is C13H20N2O2. The molecule has 1 aliphatic rings. The average Bonchev–Trinajstić information content (AvgIpc) is 2.34. The lowest BCUT2D eigenvalue weighted by Crippen LogP contribution is -2.29. The van der Waals surface area contributed by atoms with Gasteiger partial charge in [0.15, 0.2) is 0 Å². The molecule has 1 aromatic heterocycles. The van der Waals surface area contributed by atoms with Crippen LogP contribution in [0, 0.1) is 0 Å². The van der Waals surface area contributed by atoms with E-state index in [1.54, 1.807) is 10.6 Å². The molecule has 0 spiro atoms. The van der Waals surface area contributed by atoms with Gasteiger partial charge < -0.3 is 15.0 Å². The summed E-state index contributed by atoms with van der Waals surface area (Å²) in [6.07, 6.45) is 5.46. The first-order valence-electron chi connectivity index (χ1n) is 6.34. The fourth-order valence-corrected chi connectivity index (χ4v) is 2.32. The van der Waals surface area contributed by atoms with Crippen molar-refractivity contribution < 1.29 is 5.11 Å². The highest BCUT2D eigenvalue weighted by atomic mass is 16.3. The SMILES string of the molecule is CCn1cc(NC2CCC(O)CC2)ccc1=O. The van der Waals surface area contributed by atoms with Crippen molar-refractivity contribution in [2.45, 2.75) is 51.3 Å². The fourth-order valence-electron chi connectivity index (χ4n) is 2.32. The number of rotatable bonds is 3. The number of aromatic nitrogens is 1. The molecular weight excluding hydrogens is 216 g/mol. The largest absolute Gasteiger partial charge is 0.393 e. The minimum absolute atomic E-state index is 0.0390. The Morgan fingerprint density at radius 1 is 1.35 bits per heavy atom. The van der Waals surface area contributed by atoms with Crippen LogP contribution in [0.5, 0.6) is 0 Å².